The number of amides is 1. The minimum absolute atomic E-state index is 0.227. The summed E-state index contributed by atoms with van der Waals surface area (Å²) in [4.78, 5) is 12.2. The van der Waals surface area contributed by atoms with Gasteiger partial charge in [-0.25, -0.2) is 13.8 Å². The Morgan fingerprint density at radius 2 is 1.96 bits per heavy atom. The van der Waals surface area contributed by atoms with Crippen LogP contribution in [0.5, 0.6) is 11.5 Å². The lowest BCUT2D eigenvalue weighted by molar-refractivity contribution is -0.119. The quantitative estimate of drug-likeness (QED) is 0.517. The number of sulfonamides is 1. The second kappa shape index (κ2) is 9.43. The Labute approximate surface area is 168 Å². The monoisotopic (exact) mass is 425 g/mol. The summed E-state index contributed by atoms with van der Waals surface area (Å²) in [6.07, 6.45) is 2.42. The van der Waals surface area contributed by atoms with E-state index in [2.05, 4.69) is 10.5 Å². The van der Waals surface area contributed by atoms with Crippen molar-refractivity contribution in [1.82, 2.24) is 5.43 Å². The predicted molar refractivity (Wildman–Crippen MR) is 109 cm³/mol. The summed E-state index contributed by atoms with van der Waals surface area (Å²) in [7, 11) is -0.739. The standard InChI is InChI=1S/C18H20ClN3O5S/c1-26-15-6-4-5-13(9-15)11-20-21-18(23)12-22(28(3,24)25)14-7-8-17(27-2)16(19)10-14/h4-11H,12H2,1-3H3,(H,21,23)/b20-11-. The van der Waals surface area contributed by atoms with Gasteiger partial charge in [0.05, 0.1) is 37.4 Å². The van der Waals surface area contributed by atoms with Gasteiger partial charge in [-0.1, -0.05) is 23.7 Å². The van der Waals surface area contributed by atoms with Crippen LogP contribution < -0.4 is 19.2 Å². The minimum atomic E-state index is -3.73. The Morgan fingerprint density at radius 1 is 1.21 bits per heavy atom. The molecular formula is C18H20ClN3O5S. The summed E-state index contributed by atoms with van der Waals surface area (Å²) in [5.74, 6) is 0.428. The number of ether oxygens (including phenoxy) is 2. The van der Waals surface area contributed by atoms with Crippen molar-refractivity contribution >= 4 is 39.4 Å². The Bertz CT molecular complexity index is 979. The minimum Gasteiger partial charge on any atom is -0.497 e. The Kier molecular flexibility index (Phi) is 7.24. The molecule has 0 aliphatic rings. The van der Waals surface area contributed by atoms with E-state index in [1.54, 1.807) is 31.4 Å². The molecule has 150 valence electrons. The predicted octanol–water partition coefficient (Wildman–Crippen LogP) is 2.27. The van der Waals surface area contributed by atoms with Gasteiger partial charge >= 0.3 is 0 Å². The molecule has 1 N–H and O–H groups in total. The van der Waals surface area contributed by atoms with E-state index >= 15 is 0 Å². The molecule has 0 fully saturated rings. The van der Waals surface area contributed by atoms with Crippen LogP contribution in [0.1, 0.15) is 5.56 Å². The Morgan fingerprint density at radius 3 is 2.57 bits per heavy atom. The highest BCUT2D eigenvalue weighted by Crippen LogP contribution is 2.30. The molecule has 8 nitrogen and oxygen atoms in total. The molecule has 0 atom stereocenters. The molecule has 2 rings (SSSR count). The fourth-order valence-electron chi connectivity index (χ4n) is 2.28. The lowest BCUT2D eigenvalue weighted by Gasteiger charge is -2.21. The molecule has 0 unspecified atom stereocenters. The fourth-order valence-corrected chi connectivity index (χ4v) is 3.38. The first-order chi connectivity index (χ1) is 13.2. The van der Waals surface area contributed by atoms with E-state index in [1.807, 2.05) is 0 Å². The third-order valence-corrected chi connectivity index (χ3v) is 5.04. The second-order valence-corrected chi connectivity index (χ2v) is 7.97. The molecule has 28 heavy (non-hydrogen) atoms. The molecule has 0 aliphatic carbocycles. The molecule has 0 heterocycles. The number of benzene rings is 2. The van der Waals surface area contributed by atoms with Crippen molar-refractivity contribution in [3.63, 3.8) is 0 Å². The first kappa shape index (κ1) is 21.5. The average Bonchev–Trinajstić information content (AvgIpc) is 2.65. The van der Waals surface area contributed by atoms with E-state index in [0.29, 0.717) is 17.1 Å². The van der Waals surface area contributed by atoms with Gasteiger partial charge in [0.15, 0.2) is 0 Å². The Balaban J connectivity index is 2.11. The van der Waals surface area contributed by atoms with E-state index in [0.717, 1.165) is 10.6 Å². The van der Waals surface area contributed by atoms with Gasteiger partial charge in [0.25, 0.3) is 5.91 Å². The third-order valence-electron chi connectivity index (χ3n) is 3.61. The van der Waals surface area contributed by atoms with E-state index in [9.17, 15) is 13.2 Å². The number of nitrogens with one attached hydrogen (secondary N) is 1. The number of halogens is 1. The largest absolute Gasteiger partial charge is 0.497 e. The maximum absolute atomic E-state index is 12.2. The summed E-state index contributed by atoms with van der Waals surface area (Å²) in [6.45, 7) is -0.461. The molecule has 2 aromatic carbocycles. The van der Waals surface area contributed by atoms with Crippen LogP contribution in [0.4, 0.5) is 5.69 Å². The molecule has 0 bridgehead atoms. The summed E-state index contributed by atoms with van der Waals surface area (Å²) >= 11 is 6.06. The van der Waals surface area contributed by atoms with E-state index in [4.69, 9.17) is 21.1 Å². The van der Waals surface area contributed by atoms with Crippen LogP contribution in [-0.4, -0.2) is 47.6 Å². The van der Waals surface area contributed by atoms with Crippen LogP contribution in [0, 0.1) is 0 Å². The van der Waals surface area contributed by atoms with Crippen LogP contribution in [0.25, 0.3) is 0 Å². The molecule has 0 saturated heterocycles. The van der Waals surface area contributed by atoms with Gasteiger partial charge in [-0.05, 0) is 35.9 Å². The van der Waals surface area contributed by atoms with Crippen molar-refractivity contribution in [2.45, 2.75) is 0 Å². The lowest BCUT2D eigenvalue weighted by atomic mass is 10.2. The first-order valence-electron chi connectivity index (χ1n) is 8.02. The normalized spacial score (nSPS) is 11.3. The number of carbonyl (C=O) groups excluding carboxylic acids is 1. The van der Waals surface area contributed by atoms with Crippen LogP contribution in [0.15, 0.2) is 47.6 Å². The van der Waals surface area contributed by atoms with E-state index in [-0.39, 0.29) is 10.7 Å². The number of methoxy groups -OCH3 is 2. The highest BCUT2D eigenvalue weighted by atomic mass is 35.5. The van der Waals surface area contributed by atoms with Crippen molar-refractivity contribution in [1.29, 1.82) is 0 Å². The molecule has 1 amide bonds. The SMILES string of the molecule is COc1cccc(/C=N\NC(=O)CN(c2ccc(OC)c(Cl)c2)S(C)(=O)=O)c1. The average molecular weight is 426 g/mol. The fraction of sp³-hybridized carbons (Fsp3) is 0.222. The van der Waals surface area contributed by atoms with Gasteiger partial charge in [-0.2, -0.15) is 5.10 Å². The zero-order chi connectivity index (χ0) is 20.7. The highest BCUT2D eigenvalue weighted by molar-refractivity contribution is 7.92. The summed E-state index contributed by atoms with van der Waals surface area (Å²) in [5.41, 5.74) is 3.25. The summed E-state index contributed by atoms with van der Waals surface area (Å²) in [5, 5.41) is 4.07. The number of hydrogen-bond donors (Lipinski definition) is 1. The van der Waals surface area contributed by atoms with Crippen molar-refractivity contribution in [2.75, 3.05) is 31.3 Å². The number of hydrazone groups is 1. The zero-order valence-electron chi connectivity index (χ0n) is 15.5. The van der Waals surface area contributed by atoms with E-state index < -0.39 is 22.5 Å². The maximum atomic E-state index is 12.2. The number of hydrogen-bond acceptors (Lipinski definition) is 6. The van der Waals surface area contributed by atoms with Crippen LogP contribution in [0.2, 0.25) is 5.02 Å². The molecule has 0 spiro atoms. The molecular weight excluding hydrogens is 406 g/mol. The van der Waals surface area contributed by atoms with Crippen LogP contribution in [0.3, 0.4) is 0 Å². The number of nitrogens with zero attached hydrogens (tertiary/aromatic N) is 2. The molecule has 2 aromatic rings. The van der Waals surface area contributed by atoms with Gasteiger partial charge in [-0.3, -0.25) is 9.10 Å². The summed E-state index contributed by atoms with van der Waals surface area (Å²) in [6, 6.07) is 11.5. The number of carbonyl (C=O) groups is 1. The first-order valence-corrected chi connectivity index (χ1v) is 10.2. The lowest BCUT2D eigenvalue weighted by Crippen LogP contribution is -2.39. The van der Waals surface area contributed by atoms with Gasteiger partial charge in [0, 0.05) is 0 Å². The van der Waals surface area contributed by atoms with Crippen LogP contribution >= 0.6 is 11.6 Å². The maximum Gasteiger partial charge on any atom is 0.260 e. The molecule has 0 aromatic heterocycles. The van der Waals surface area contributed by atoms with Gasteiger partial charge < -0.3 is 9.47 Å². The molecule has 10 heteroatoms. The van der Waals surface area contributed by atoms with Crippen LogP contribution in [-0.2, 0) is 14.8 Å². The van der Waals surface area contributed by atoms with Crippen molar-refractivity contribution in [2.24, 2.45) is 5.10 Å². The second-order valence-electron chi connectivity index (χ2n) is 5.66. The molecule has 0 saturated carbocycles. The smallest absolute Gasteiger partial charge is 0.260 e. The molecule has 0 aliphatic heterocycles. The summed E-state index contributed by atoms with van der Waals surface area (Å²) < 4.78 is 35.3. The van der Waals surface area contributed by atoms with Crippen molar-refractivity contribution in [3.8, 4) is 11.5 Å². The van der Waals surface area contributed by atoms with E-state index in [1.165, 1.54) is 31.5 Å². The topological polar surface area (TPSA) is 97.3 Å². The van der Waals surface area contributed by atoms with Crippen molar-refractivity contribution in [3.05, 3.63) is 53.1 Å². The Hall–Kier alpha value is -2.78. The number of rotatable bonds is 8. The number of anilines is 1. The highest BCUT2D eigenvalue weighted by Gasteiger charge is 2.21. The van der Waals surface area contributed by atoms with Gasteiger partial charge in [0.2, 0.25) is 10.0 Å². The van der Waals surface area contributed by atoms with Gasteiger partial charge in [-0.15, -0.1) is 0 Å². The van der Waals surface area contributed by atoms with Crippen molar-refractivity contribution < 1.29 is 22.7 Å². The zero-order valence-corrected chi connectivity index (χ0v) is 17.1. The third kappa shape index (κ3) is 5.86. The van der Waals surface area contributed by atoms with Gasteiger partial charge in [0.1, 0.15) is 18.0 Å². The molecule has 0 radical (unpaired) electrons.